The number of carbonyl (C=O) groups excluding carboxylic acids is 1. The number of aliphatic imine (C=N–C) groups is 1. The van der Waals surface area contributed by atoms with E-state index in [1.807, 2.05) is 24.2 Å². The summed E-state index contributed by atoms with van der Waals surface area (Å²) in [6.45, 7) is 6.75. The predicted molar refractivity (Wildman–Crippen MR) is 104 cm³/mol. The van der Waals surface area contributed by atoms with Gasteiger partial charge in [-0.05, 0) is 31.9 Å². The minimum absolute atomic E-state index is 0.0441. The molecule has 27 heavy (non-hydrogen) atoms. The van der Waals surface area contributed by atoms with Gasteiger partial charge in [0.15, 0.2) is 11.7 Å². The standard InChI is InChI=1S/C19H28N6O2/c1-16-21-8-10-23(16)9-4-3-7-22-19(20-2)25-13-11-24(12-14-25)18(26)17-6-5-15-27-17/h5-6,8,10,15H,3-4,7,9,11-14H2,1-2H3,(H,20,22). The maximum atomic E-state index is 12.3. The van der Waals surface area contributed by atoms with Crippen LogP contribution in [0.25, 0.3) is 0 Å². The molecule has 8 heteroatoms. The Hall–Kier alpha value is -2.77. The van der Waals surface area contributed by atoms with E-state index in [1.54, 1.807) is 19.2 Å². The molecule has 1 fully saturated rings. The molecule has 1 N–H and O–H groups in total. The number of hydrogen-bond acceptors (Lipinski definition) is 4. The van der Waals surface area contributed by atoms with Crippen LogP contribution in [0.5, 0.6) is 0 Å². The largest absolute Gasteiger partial charge is 0.459 e. The second-order valence-corrected chi connectivity index (χ2v) is 6.61. The molecule has 1 amide bonds. The highest BCUT2D eigenvalue weighted by Crippen LogP contribution is 2.09. The Morgan fingerprint density at radius 3 is 2.67 bits per heavy atom. The number of hydrogen-bond donors (Lipinski definition) is 1. The summed E-state index contributed by atoms with van der Waals surface area (Å²) in [6.07, 6.45) is 7.54. The maximum absolute atomic E-state index is 12.3. The van der Waals surface area contributed by atoms with Gasteiger partial charge in [0.2, 0.25) is 0 Å². The summed E-state index contributed by atoms with van der Waals surface area (Å²) in [5, 5.41) is 3.43. The van der Waals surface area contributed by atoms with Crippen LogP contribution in [0.4, 0.5) is 0 Å². The molecule has 0 aliphatic carbocycles. The number of carbonyl (C=O) groups is 1. The quantitative estimate of drug-likeness (QED) is 0.473. The van der Waals surface area contributed by atoms with Gasteiger partial charge >= 0.3 is 0 Å². The van der Waals surface area contributed by atoms with Crippen molar-refractivity contribution in [3.63, 3.8) is 0 Å². The molecule has 0 bridgehead atoms. The van der Waals surface area contributed by atoms with E-state index in [0.717, 1.165) is 50.8 Å². The van der Waals surface area contributed by atoms with Crippen molar-refractivity contribution in [2.75, 3.05) is 39.8 Å². The van der Waals surface area contributed by atoms with Gasteiger partial charge < -0.3 is 24.1 Å². The number of unbranched alkanes of at least 4 members (excludes halogenated alkanes) is 1. The van der Waals surface area contributed by atoms with Crippen molar-refractivity contribution < 1.29 is 9.21 Å². The third kappa shape index (κ3) is 4.90. The first-order chi connectivity index (χ1) is 13.2. The molecule has 1 aliphatic rings. The number of nitrogens with one attached hydrogen (secondary N) is 1. The topological polar surface area (TPSA) is 78.9 Å². The molecule has 0 atom stereocenters. The van der Waals surface area contributed by atoms with Gasteiger partial charge in [-0.2, -0.15) is 0 Å². The van der Waals surface area contributed by atoms with Crippen LogP contribution in [0, 0.1) is 6.92 Å². The molecule has 0 aromatic carbocycles. The van der Waals surface area contributed by atoms with E-state index in [-0.39, 0.29) is 5.91 Å². The van der Waals surface area contributed by atoms with Crippen molar-refractivity contribution in [2.45, 2.75) is 26.3 Å². The minimum Gasteiger partial charge on any atom is -0.459 e. The normalized spacial score (nSPS) is 15.3. The number of amides is 1. The SMILES string of the molecule is CN=C(NCCCCn1ccnc1C)N1CCN(C(=O)c2ccco2)CC1. The molecule has 3 heterocycles. The lowest BCUT2D eigenvalue weighted by molar-refractivity contribution is 0.0657. The molecular weight excluding hydrogens is 344 g/mol. The lowest BCUT2D eigenvalue weighted by atomic mass is 10.3. The summed E-state index contributed by atoms with van der Waals surface area (Å²) in [5.74, 6) is 2.32. The fourth-order valence-corrected chi connectivity index (χ4v) is 3.26. The Morgan fingerprint density at radius 2 is 2.04 bits per heavy atom. The number of nitrogens with zero attached hydrogens (tertiary/aromatic N) is 5. The first kappa shape index (κ1) is 19.0. The minimum atomic E-state index is -0.0441. The zero-order valence-corrected chi connectivity index (χ0v) is 16.1. The molecule has 0 unspecified atom stereocenters. The van der Waals surface area contributed by atoms with E-state index in [2.05, 4.69) is 24.8 Å². The molecule has 0 radical (unpaired) electrons. The van der Waals surface area contributed by atoms with Crippen molar-refractivity contribution in [2.24, 2.45) is 4.99 Å². The predicted octanol–water partition coefficient (Wildman–Crippen LogP) is 1.60. The Labute approximate surface area is 159 Å². The summed E-state index contributed by atoms with van der Waals surface area (Å²) < 4.78 is 7.38. The second-order valence-electron chi connectivity index (χ2n) is 6.61. The van der Waals surface area contributed by atoms with Crippen LogP contribution in [0.1, 0.15) is 29.2 Å². The lowest BCUT2D eigenvalue weighted by Gasteiger charge is -2.36. The van der Waals surface area contributed by atoms with E-state index < -0.39 is 0 Å². The van der Waals surface area contributed by atoms with Crippen LogP contribution in [0.2, 0.25) is 0 Å². The smallest absolute Gasteiger partial charge is 0.289 e. The van der Waals surface area contributed by atoms with E-state index in [9.17, 15) is 4.79 Å². The molecule has 146 valence electrons. The van der Waals surface area contributed by atoms with Crippen LogP contribution in [0.15, 0.2) is 40.2 Å². The van der Waals surface area contributed by atoms with Gasteiger partial charge in [0.05, 0.1) is 6.26 Å². The second kappa shape index (κ2) is 9.25. The fraction of sp³-hybridized carbons (Fsp3) is 0.526. The Kier molecular flexibility index (Phi) is 6.51. The number of furan rings is 1. The summed E-state index contributed by atoms with van der Waals surface area (Å²) in [6, 6.07) is 3.45. The Morgan fingerprint density at radius 1 is 1.26 bits per heavy atom. The van der Waals surface area contributed by atoms with Crippen molar-refractivity contribution in [1.82, 2.24) is 24.7 Å². The third-order valence-electron chi connectivity index (χ3n) is 4.84. The fourth-order valence-electron chi connectivity index (χ4n) is 3.26. The molecule has 0 spiro atoms. The van der Waals surface area contributed by atoms with Gasteiger partial charge in [-0.15, -0.1) is 0 Å². The maximum Gasteiger partial charge on any atom is 0.289 e. The summed E-state index contributed by atoms with van der Waals surface area (Å²) in [5.41, 5.74) is 0. The van der Waals surface area contributed by atoms with E-state index >= 15 is 0 Å². The van der Waals surface area contributed by atoms with Gasteiger partial charge in [-0.25, -0.2) is 4.98 Å². The average Bonchev–Trinajstić information content (AvgIpc) is 3.36. The van der Waals surface area contributed by atoms with Gasteiger partial charge in [-0.3, -0.25) is 9.79 Å². The summed E-state index contributed by atoms with van der Waals surface area (Å²) in [7, 11) is 1.80. The Balaban J connectivity index is 1.37. The molecule has 2 aromatic rings. The molecule has 2 aromatic heterocycles. The summed E-state index contributed by atoms with van der Waals surface area (Å²) >= 11 is 0. The highest BCUT2D eigenvalue weighted by Gasteiger charge is 2.24. The van der Waals surface area contributed by atoms with Crippen LogP contribution < -0.4 is 5.32 Å². The van der Waals surface area contributed by atoms with Crippen LogP contribution in [-0.2, 0) is 6.54 Å². The number of guanidine groups is 1. The monoisotopic (exact) mass is 372 g/mol. The van der Waals surface area contributed by atoms with Crippen molar-refractivity contribution in [1.29, 1.82) is 0 Å². The zero-order chi connectivity index (χ0) is 19.1. The van der Waals surface area contributed by atoms with Gasteiger partial charge in [0.25, 0.3) is 5.91 Å². The van der Waals surface area contributed by atoms with Gasteiger partial charge in [0, 0.05) is 58.7 Å². The van der Waals surface area contributed by atoms with Crippen LogP contribution in [0.3, 0.4) is 0 Å². The molecule has 8 nitrogen and oxygen atoms in total. The van der Waals surface area contributed by atoms with E-state index in [0.29, 0.717) is 18.8 Å². The van der Waals surface area contributed by atoms with E-state index in [1.165, 1.54) is 6.26 Å². The summed E-state index contributed by atoms with van der Waals surface area (Å²) in [4.78, 5) is 25.0. The Bertz CT molecular complexity index is 744. The lowest BCUT2D eigenvalue weighted by Crippen LogP contribution is -2.53. The zero-order valence-electron chi connectivity index (χ0n) is 16.1. The highest BCUT2D eigenvalue weighted by atomic mass is 16.3. The van der Waals surface area contributed by atoms with Crippen molar-refractivity contribution in [3.05, 3.63) is 42.4 Å². The molecule has 1 aliphatic heterocycles. The number of aromatic nitrogens is 2. The first-order valence-corrected chi connectivity index (χ1v) is 9.45. The number of piperazine rings is 1. The average molecular weight is 372 g/mol. The molecule has 3 rings (SSSR count). The molecular formula is C19H28N6O2. The molecule has 0 saturated carbocycles. The number of imidazole rings is 1. The number of aryl methyl sites for hydroxylation is 2. The van der Waals surface area contributed by atoms with Gasteiger partial charge in [-0.1, -0.05) is 0 Å². The highest BCUT2D eigenvalue weighted by molar-refractivity contribution is 5.91. The van der Waals surface area contributed by atoms with Crippen LogP contribution in [-0.4, -0.2) is 71.0 Å². The van der Waals surface area contributed by atoms with Crippen molar-refractivity contribution in [3.8, 4) is 0 Å². The van der Waals surface area contributed by atoms with Gasteiger partial charge in [0.1, 0.15) is 5.82 Å². The van der Waals surface area contributed by atoms with Crippen molar-refractivity contribution >= 4 is 11.9 Å². The first-order valence-electron chi connectivity index (χ1n) is 9.45. The van der Waals surface area contributed by atoms with E-state index in [4.69, 9.17) is 4.42 Å². The molecule has 1 saturated heterocycles. The number of rotatable bonds is 6. The third-order valence-corrected chi connectivity index (χ3v) is 4.84. The van der Waals surface area contributed by atoms with Crippen LogP contribution >= 0.6 is 0 Å².